The van der Waals surface area contributed by atoms with Gasteiger partial charge in [-0.15, -0.1) is 11.8 Å². The van der Waals surface area contributed by atoms with Gasteiger partial charge in [0.1, 0.15) is 0 Å². The molecular weight excluding hydrogens is 334 g/mol. The number of rotatable bonds is 6. The smallest absolute Gasteiger partial charge is 0.0770 e. The fourth-order valence-corrected chi connectivity index (χ4v) is 3.51. The summed E-state index contributed by atoms with van der Waals surface area (Å²) in [4.78, 5) is 1.30. The number of aryl methyl sites for hydroxylation is 1. The number of hydrogen-bond acceptors (Lipinski definition) is 3. The van der Waals surface area contributed by atoms with Crippen molar-refractivity contribution in [2.75, 3.05) is 12.8 Å². The van der Waals surface area contributed by atoms with Crippen molar-refractivity contribution in [1.29, 1.82) is 0 Å². The number of halogens is 1. The number of aromatic nitrogens is 2. The first kappa shape index (κ1) is 15.6. The summed E-state index contributed by atoms with van der Waals surface area (Å²) >= 11 is 5.40. The van der Waals surface area contributed by atoms with Crippen LogP contribution in [0.5, 0.6) is 0 Å². The van der Waals surface area contributed by atoms with E-state index in [2.05, 4.69) is 63.8 Å². The highest BCUT2D eigenvalue weighted by Gasteiger charge is 2.22. The molecule has 108 valence electrons. The van der Waals surface area contributed by atoms with Crippen molar-refractivity contribution in [1.82, 2.24) is 15.1 Å². The van der Waals surface area contributed by atoms with Crippen molar-refractivity contribution in [3.8, 4) is 0 Å². The molecule has 0 aliphatic rings. The standard InChI is InChI=1S/C15H20BrN3S/c1-4-9-17-14(15-12(16)10-18-19(15)2)11-7-5-6-8-13(11)20-3/h5-8,10,14,17H,4,9H2,1-3H3. The highest BCUT2D eigenvalue weighted by Crippen LogP contribution is 2.33. The predicted molar refractivity (Wildman–Crippen MR) is 89.3 cm³/mol. The van der Waals surface area contributed by atoms with Crippen LogP contribution in [0.3, 0.4) is 0 Å². The third-order valence-corrected chi connectivity index (χ3v) is 4.68. The number of hydrogen-bond donors (Lipinski definition) is 1. The summed E-state index contributed by atoms with van der Waals surface area (Å²) in [6, 6.07) is 8.70. The maximum atomic E-state index is 4.35. The van der Waals surface area contributed by atoms with Crippen molar-refractivity contribution in [2.24, 2.45) is 7.05 Å². The highest BCUT2D eigenvalue weighted by atomic mass is 79.9. The lowest BCUT2D eigenvalue weighted by atomic mass is 10.0. The zero-order valence-corrected chi connectivity index (χ0v) is 14.5. The van der Waals surface area contributed by atoms with Gasteiger partial charge < -0.3 is 5.32 Å². The van der Waals surface area contributed by atoms with Crippen molar-refractivity contribution < 1.29 is 0 Å². The van der Waals surface area contributed by atoms with Crippen molar-refractivity contribution in [3.63, 3.8) is 0 Å². The van der Waals surface area contributed by atoms with Crippen molar-refractivity contribution in [3.05, 3.63) is 46.2 Å². The molecule has 0 aliphatic carbocycles. The van der Waals surface area contributed by atoms with E-state index in [1.165, 1.54) is 16.2 Å². The minimum atomic E-state index is 0.153. The predicted octanol–water partition coefficient (Wildman–Crippen LogP) is 3.99. The molecule has 0 fully saturated rings. The van der Waals surface area contributed by atoms with Crippen LogP contribution in [0, 0.1) is 0 Å². The van der Waals surface area contributed by atoms with Crippen molar-refractivity contribution >= 4 is 27.7 Å². The van der Waals surface area contributed by atoms with Crippen LogP contribution in [0.2, 0.25) is 0 Å². The van der Waals surface area contributed by atoms with Gasteiger partial charge in [-0.25, -0.2) is 0 Å². The Bertz CT molecular complexity index is 548. The van der Waals surface area contributed by atoms with E-state index in [-0.39, 0.29) is 6.04 Å². The Balaban J connectivity index is 2.47. The maximum absolute atomic E-state index is 4.35. The zero-order valence-electron chi connectivity index (χ0n) is 12.1. The second-order valence-electron chi connectivity index (χ2n) is 4.63. The number of benzene rings is 1. The van der Waals surface area contributed by atoms with Crippen LogP contribution in [0.25, 0.3) is 0 Å². The molecule has 0 saturated carbocycles. The van der Waals surface area contributed by atoms with Crippen LogP contribution in [0.1, 0.15) is 30.6 Å². The van der Waals surface area contributed by atoms with Gasteiger partial charge in [-0.2, -0.15) is 5.10 Å². The first-order valence-corrected chi connectivity index (χ1v) is 8.74. The molecule has 1 aromatic heterocycles. The Kier molecular flexibility index (Phi) is 5.69. The van der Waals surface area contributed by atoms with Gasteiger partial charge in [0, 0.05) is 11.9 Å². The molecule has 20 heavy (non-hydrogen) atoms. The summed E-state index contributed by atoms with van der Waals surface area (Å²) in [6.45, 7) is 3.16. The van der Waals surface area contributed by atoms with E-state index in [9.17, 15) is 0 Å². The fourth-order valence-electron chi connectivity index (χ4n) is 2.29. The van der Waals surface area contributed by atoms with Gasteiger partial charge in [0.25, 0.3) is 0 Å². The lowest BCUT2D eigenvalue weighted by Gasteiger charge is -2.22. The molecule has 3 nitrogen and oxygen atoms in total. The summed E-state index contributed by atoms with van der Waals surface area (Å²) in [7, 11) is 1.99. The van der Waals surface area contributed by atoms with Gasteiger partial charge in [0.15, 0.2) is 0 Å². The summed E-state index contributed by atoms with van der Waals surface area (Å²) in [6.07, 6.45) is 5.08. The van der Waals surface area contributed by atoms with E-state index in [0.29, 0.717) is 0 Å². The summed E-state index contributed by atoms with van der Waals surface area (Å²) in [5.74, 6) is 0. The van der Waals surface area contributed by atoms with Gasteiger partial charge in [-0.05, 0) is 46.8 Å². The topological polar surface area (TPSA) is 29.9 Å². The molecule has 0 saturated heterocycles. The molecule has 2 aromatic rings. The van der Waals surface area contributed by atoms with E-state index in [1.54, 1.807) is 11.8 Å². The van der Waals surface area contributed by atoms with E-state index in [1.807, 2.05) is 17.9 Å². The second kappa shape index (κ2) is 7.29. The van der Waals surface area contributed by atoms with E-state index in [0.717, 1.165) is 17.4 Å². The molecular formula is C15H20BrN3S. The molecule has 0 spiro atoms. The SMILES string of the molecule is CCCNC(c1ccccc1SC)c1c(Br)cnn1C. The third-order valence-electron chi connectivity index (χ3n) is 3.26. The minimum Gasteiger partial charge on any atom is -0.305 e. The van der Waals surface area contributed by atoms with Gasteiger partial charge in [-0.3, -0.25) is 4.68 Å². The van der Waals surface area contributed by atoms with E-state index >= 15 is 0 Å². The first-order chi connectivity index (χ1) is 9.69. The van der Waals surface area contributed by atoms with Crippen LogP contribution < -0.4 is 5.32 Å². The van der Waals surface area contributed by atoms with Crippen LogP contribution in [0.4, 0.5) is 0 Å². The molecule has 0 radical (unpaired) electrons. The quantitative estimate of drug-likeness (QED) is 0.796. The van der Waals surface area contributed by atoms with Gasteiger partial charge >= 0.3 is 0 Å². The molecule has 5 heteroatoms. The molecule has 2 rings (SSSR count). The van der Waals surface area contributed by atoms with Crippen molar-refractivity contribution in [2.45, 2.75) is 24.3 Å². The van der Waals surface area contributed by atoms with Gasteiger partial charge in [0.2, 0.25) is 0 Å². The van der Waals surface area contributed by atoms with E-state index in [4.69, 9.17) is 0 Å². The second-order valence-corrected chi connectivity index (χ2v) is 6.33. The molecule has 0 amide bonds. The Morgan fingerprint density at radius 1 is 1.40 bits per heavy atom. The lowest BCUT2D eigenvalue weighted by molar-refractivity contribution is 0.546. The number of nitrogens with one attached hydrogen (secondary N) is 1. The molecule has 1 N–H and O–H groups in total. The molecule has 1 atom stereocenters. The molecule has 0 bridgehead atoms. The molecule has 1 heterocycles. The Hall–Kier alpha value is -0.780. The average molecular weight is 354 g/mol. The number of thioether (sulfide) groups is 1. The summed E-state index contributed by atoms with van der Waals surface area (Å²) in [5.41, 5.74) is 2.47. The van der Waals surface area contributed by atoms with Crippen LogP contribution in [0.15, 0.2) is 39.8 Å². The highest BCUT2D eigenvalue weighted by molar-refractivity contribution is 9.10. The minimum absolute atomic E-state index is 0.153. The largest absolute Gasteiger partial charge is 0.305 e. The molecule has 1 unspecified atom stereocenters. The molecule has 1 aromatic carbocycles. The third kappa shape index (κ3) is 3.27. The van der Waals surface area contributed by atoms with Crippen LogP contribution in [-0.4, -0.2) is 22.6 Å². The summed E-state index contributed by atoms with van der Waals surface area (Å²) < 4.78 is 2.98. The average Bonchev–Trinajstić information content (AvgIpc) is 2.80. The monoisotopic (exact) mass is 353 g/mol. The van der Waals surface area contributed by atoms with Gasteiger partial charge in [0.05, 0.1) is 22.4 Å². The Morgan fingerprint density at radius 2 is 2.15 bits per heavy atom. The Morgan fingerprint density at radius 3 is 2.75 bits per heavy atom. The normalized spacial score (nSPS) is 12.6. The lowest BCUT2D eigenvalue weighted by Crippen LogP contribution is -2.26. The van der Waals surface area contributed by atoms with Crippen LogP contribution >= 0.6 is 27.7 Å². The summed E-state index contributed by atoms with van der Waals surface area (Å²) in [5, 5.41) is 7.99. The first-order valence-electron chi connectivity index (χ1n) is 6.72. The zero-order chi connectivity index (χ0) is 14.5. The van der Waals surface area contributed by atoms with Crippen LogP contribution in [-0.2, 0) is 7.05 Å². The number of nitrogens with zero attached hydrogens (tertiary/aromatic N) is 2. The maximum Gasteiger partial charge on any atom is 0.0770 e. The molecule has 0 aliphatic heterocycles. The van der Waals surface area contributed by atoms with Gasteiger partial charge in [-0.1, -0.05) is 25.1 Å². The fraction of sp³-hybridized carbons (Fsp3) is 0.400. The Labute approximate surface area is 133 Å². The van der Waals surface area contributed by atoms with E-state index < -0.39 is 0 Å².